The second kappa shape index (κ2) is 7.09. The van der Waals surface area contributed by atoms with Gasteiger partial charge in [-0.3, -0.25) is 0 Å². The SMILES string of the molecule is CCNC(C)c1ccccc1N(C)C1CCCCC1O. The van der Waals surface area contributed by atoms with Crippen molar-refractivity contribution in [3.05, 3.63) is 29.8 Å². The molecule has 0 aliphatic heterocycles. The maximum absolute atomic E-state index is 10.3. The van der Waals surface area contributed by atoms with Crippen LogP contribution in [0.5, 0.6) is 0 Å². The first-order chi connectivity index (χ1) is 9.65. The number of para-hydroxylation sites is 1. The van der Waals surface area contributed by atoms with Gasteiger partial charge < -0.3 is 15.3 Å². The molecule has 1 aromatic rings. The van der Waals surface area contributed by atoms with E-state index in [0.29, 0.717) is 6.04 Å². The molecule has 0 spiro atoms. The lowest BCUT2D eigenvalue weighted by atomic mass is 9.90. The molecule has 0 saturated heterocycles. The third kappa shape index (κ3) is 3.33. The van der Waals surface area contributed by atoms with E-state index in [9.17, 15) is 5.11 Å². The Morgan fingerprint density at radius 1 is 1.30 bits per heavy atom. The van der Waals surface area contributed by atoms with Gasteiger partial charge in [-0.15, -0.1) is 0 Å². The summed E-state index contributed by atoms with van der Waals surface area (Å²) in [5.41, 5.74) is 2.56. The molecule has 2 N–H and O–H groups in total. The van der Waals surface area contributed by atoms with E-state index in [1.165, 1.54) is 17.7 Å². The molecule has 0 aromatic heterocycles. The van der Waals surface area contributed by atoms with Gasteiger partial charge in [-0.2, -0.15) is 0 Å². The predicted octanol–water partition coefficient (Wildman–Crippen LogP) is 3.10. The van der Waals surface area contributed by atoms with E-state index in [0.717, 1.165) is 25.8 Å². The zero-order valence-electron chi connectivity index (χ0n) is 13.0. The van der Waals surface area contributed by atoms with Crippen molar-refractivity contribution in [3.8, 4) is 0 Å². The minimum Gasteiger partial charge on any atom is -0.391 e. The lowest BCUT2D eigenvalue weighted by Gasteiger charge is -2.38. The van der Waals surface area contributed by atoms with E-state index in [4.69, 9.17) is 0 Å². The minimum atomic E-state index is -0.198. The maximum Gasteiger partial charge on any atom is 0.0743 e. The molecule has 0 heterocycles. The number of aliphatic hydroxyl groups is 1. The molecular formula is C17H28N2O. The van der Waals surface area contributed by atoms with Crippen molar-refractivity contribution in [2.75, 3.05) is 18.5 Å². The summed E-state index contributed by atoms with van der Waals surface area (Å²) in [5, 5.41) is 13.8. The Hall–Kier alpha value is -1.06. The molecule has 3 heteroatoms. The van der Waals surface area contributed by atoms with E-state index >= 15 is 0 Å². The summed E-state index contributed by atoms with van der Waals surface area (Å²) in [5.74, 6) is 0. The Morgan fingerprint density at radius 3 is 2.70 bits per heavy atom. The Morgan fingerprint density at radius 2 is 2.00 bits per heavy atom. The van der Waals surface area contributed by atoms with Crippen LogP contribution in [0, 0.1) is 0 Å². The number of benzene rings is 1. The zero-order chi connectivity index (χ0) is 14.5. The summed E-state index contributed by atoms with van der Waals surface area (Å²) < 4.78 is 0. The molecule has 0 bridgehead atoms. The number of likely N-dealkylation sites (N-methyl/N-ethyl adjacent to an activating group) is 1. The average molecular weight is 276 g/mol. The van der Waals surface area contributed by atoms with Gasteiger partial charge in [0.25, 0.3) is 0 Å². The van der Waals surface area contributed by atoms with Gasteiger partial charge in [0, 0.05) is 18.8 Å². The maximum atomic E-state index is 10.3. The van der Waals surface area contributed by atoms with Gasteiger partial charge in [0.15, 0.2) is 0 Å². The molecule has 3 nitrogen and oxygen atoms in total. The average Bonchev–Trinajstić information content (AvgIpc) is 2.47. The molecule has 2 rings (SSSR count). The van der Waals surface area contributed by atoms with Gasteiger partial charge in [0.05, 0.1) is 12.1 Å². The number of hydrogen-bond donors (Lipinski definition) is 2. The predicted molar refractivity (Wildman–Crippen MR) is 85.2 cm³/mol. The van der Waals surface area contributed by atoms with E-state index < -0.39 is 0 Å². The molecule has 1 aliphatic rings. The van der Waals surface area contributed by atoms with Crippen molar-refractivity contribution in [3.63, 3.8) is 0 Å². The molecule has 1 aromatic carbocycles. The minimum absolute atomic E-state index is 0.198. The number of rotatable bonds is 5. The van der Waals surface area contributed by atoms with Crippen LogP contribution in [0.4, 0.5) is 5.69 Å². The zero-order valence-corrected chi connectivity index (χ0v) is 13.0. The Bertz CT molecular complexity index is 421. The van der Waals surface area contributed by atoms with E-state index in [1.54, 1.807) is 0 Å². The van der Waals surface area contributed by atoms with Gasteiger partial charge in [-0.05, 0) is 37.9 Å². The number of hydrogen-bond acceptors (Lipinski definition) is 3. The fourth-order valence-corrected chi connectivity index (χ4v) is 3.31. The molecule has 1 aliphatic carbocycles. The van der Waals surface area contributed by atoms with Gasteiger partial charge >= 0.3 is 0 Å². The van der Waals surface area contributed by atoms with Crippen molar-refractivity contribution >= 4 is 5.69 Å². The first-order valence-corrected chi connectivity index (χ1v) is 7.88. The quantitative estimate of drug-likeness (QED) is 0.867. The molecule has 112 valence electrons. The highest BCUT2D eigenvalue weighted by Gasteiger charge is 2.28. The highest BCUT2D eigenvalue weighted by molar-refractivity contribution is 5.55. The van der Waals surface area contributed by atoms with Crippen LogP contribution in [0.15, 0.2) is 24.3 Å². The summed E-state index contributed by atoms with van der Waals surface area (Å²) >= 11 is 0. The van der Waals surface area contributed by atoms with Crippen molar-refractivity contribution in [1.82, 2.24) is 5.32 Å². The van der Waals surface area contributed by atoms with Crippen LogP contribution < -0.4 is 10.2 Å². The smallest absolute Gasteiger partial charge is 0.0743 e. The fraction of sp³-hybridized carbons (Fsp3) is 0.647. The summed E-state index contributed by atoms with van der Waals surface area (Å²) in [4.78, 5) is 2.28. The third-order valence-electron chi connectivity index (χ3n) is 4.48. The van der Waals surface area contributed by atoms with Gasteiger partial charge in [-0.25, -0.2) is 0 Å². The Labute approximate surface area is 123 Å². The van der Waals surface area contributed by atoms with Crippen molar-refractivity contribution < 1.29 is 5.11 Å². The number of nitrogens with one attached hydrogen (secondary N) is 1. The van der Waals surface area contributed by atoms with Crippen LogP contribution >= 0.6 is 0 Å². The molecule has 1 fully saturated rings. The second-order valence-corrected chi connectivity index (χ2v) is 5.87. The molecule has 0 amide bonds. The van der Waals surface area contributed by atoms with Gasteiger partial charge in [-0.1, -0.05) is 38.0 Å². The topological polar surface area (TPSA) is 35.5 Å². The lowest BCUT2D eigenvalue weighted by Crippen LogP contribution is -2.44. The van der Waals surface area contributed by atoms with Crippen molar-refractivity contribution in [2.24, 2.45) is 0 Å². The molecule has 0 radical (unpaired) electrons. The number of anilines is 1. The summed E-state index contributed by atoms with van der Waals surface area (Å²) in [7, 11) is 2.12. The van der Waals surface area contributed by atoms with E-state index in [-0.39, 0.29) is 12.1 Å². The summed E-state index contributed by atoms with van der Waals surface area (Å²) in [6.07, 6.45) is 4.19. The van der Waals surface area contributed by atoms with Crippen LogP contribution in [0.2, 0.25) is 0 Å². The first-order valence-electron chi connectivity index (χ1n) is 7.88. The first kappa shape index (κ1) is 15.3. The summed E-state index contributed by atoms with van der Waals surface area (Å²) in [6, 6.07) is 9.12. The Balaban J connectivity index is 2.22. The van der Waals surface area contributed by atoms with E-state index in [1.807, 2.05) is 0 Å². The van der Waals surface area contributed by atoms with Crippen LogP contribution in [-0.4, -0.2) is 30.8 Å². The Kier molecular flexibility index (Phi) is 5.44. The standard InChI is InChI=1S/C17H28N2O/c1-4-18-13(2)14-9-5-6-10-15(14)19(3)16-11-7-8-12-17(16)20/h5-6,9-10,13,16-18,20H,4,7-8,11-12H2,1-3H3. The fourth-order valence-electron chi connectivity index (χ4n) is 3.31. The molecular weight excluding hydrogens is 248 g/mol. The molecule has 3 atom stereocenters. The lowest BCUT2D eigenvalue weighted by molar-refractivity contribution is 0.106. The normalized spacial score (nSPS) is 24.4. The van der Waals surface area contributed by atoms with E-state index in [2.05, 4.69) is 55.4 Å². The highest BCUT2D eigenvalue weighted by Crippen LogP contribution is 2.31. The molecule has 1 saturated carbocycles. The van der Waals surface area contributed by atoms with Gasteiger partial charge in [0.2, 0.25) is 0 Å². The monoisotopic (exact) mass is 276 g/mol. The largest absolute Gasteiger partial charge is 0.391 e. The number of nitrogens with zero attached hydrogens (tertiary/aromatic N) is 1. The number of aliphatic hydroxyl groups excluding tert-OH is 1. The van der Waals surface area contributed by atoms with Crippen LogP contribution in [-0.2, 0) is 0 Å². The second-order valence-electron chi connectivity index (χ2n) is 5.87. The summed E-state index contributed by atoms with van der Waals surface area (Å²) in [6.45, 7) is 5.30. The van der Waals surface area contributed by atoms with Crippen LogP contribution in [0.3, 0.4) is 0 Å². The molecule has 20 heavy (non-hydrogen) atoms. The molecule has 3 unspecified atom stereocenters. The van der Waals surface area contributed by atoms with Crippen molar-refractivity contribution in [2.45, 2.75) is 57.7 Å². The van der Waals surface area contributed by atoms with Crippen LogP contribution in [0.1, 0.15) is 51.1 Å². The van der Waals surface area contributed by atoms with Crippen molar-refractivity contribution in [1.29, 1.82) is 0 Å². The highest BCUT2D eigenvalue weighted by atomic mass is 16.3. The van der Waals surface area contributed by atoms with Gasteiger partial charge in [0.1, 0.15) is 0 Å². The van der Waals surface area contributed by atoms with Crippen LogP contribution in [0.25, 0.3) is 0 Å². The third-order valence-corrected chi connectivity index (χ3v) is 4.48.